The summed E-state index contributed by atoms with van der Waals surface area (Å²) in [6.07, 6.45) is 1.76. The number of rotatable bonds is 4. The molecule has 0 atom stereocenters. The molecule has 0 fully saturated rings. The van der Waals surface area contributed by atoms with Crippen molar-refractivity contribution in [1.29, 1.82) is 0 Å². The van der Waals surface area contributed by atoms with Gasteiger partial charge in [-0.2, -0.15) is 5.10 Å². The van der Waals surface area contributed by atoms with Gasteiger partial charge in [0.05, 0.1) is 5.56 Å². The van der Waals surface area contributed by atoms with Crippen molar-refractivity contribution in [3.8, 4) is 22.7 Å². The topological polar surface area (TPSA) is 83.8 Å². The number of anilines is 1. The van der Waals surface area contributed by atoms with Crippen LogP contribution in [0, 0.1) is 5.92 Å². The minimum atomic E-state index is -0.0839. The van der Waals surface area contributed by atoms with Crippen LogP contribution in [-0.4, -0.2) is 21.1 Å². The zero-order valence-corrected chi connectivity index (χ0v) is 14.5. The van der Waals surface area contributed by atoms with Crippen molar-refractivity contribution < 1.29 is 9.21 Å². The van der Waals surface area contributed by atoms with E-state index in [4.69, 9.17) is 4.42 Å². The molecule has 6 heteroatoms. The summed E-state index contributed by atoms with van der Waals surface area (Å²) < 4.78 is 5.86. The zero-order chi connectivity index (χ0) is 18.1. The molecule has 0 radical (unpaired) electrons. The number of carbonyl (C=O) groups is 1. The van der Waals surface area contributed by atoms with Crippen molar-refractivity contribution in [2.24, 2.45) is 5.92 Å². The van der Waals surface area contributed by atoms with Gasteiger partial charge in [0.2, 0.25) is 11.8 Å². The molecule has 2 aromatic carbocycles. The standard InChI is InChI=1S/C20H18N4O2/c1-12(2)19(25)22-14-7-5-6-13(10-14)18-15(11-21-24-18)20-23-16-8-3-4-9-17(16)26-20/h3-12H,1-2H3,(H,21,24)(H,22,25). The highest BCUT2D eigenvalue weighted by Gasteiger charge is 2.17. The van der Waals surface area contributed by atoms with Gasteiger partial charge in [-0.05, 0) is 24.3 Å². The van der Waals surface area contributed by atoms with Crippen LogP contribution in [0.15, 0.2) is 59.1 Å². The first-order valence-corrected chi connectivity index (χ1v) is 8.43. The molecule has 0 saturated heterocycles. The number of benzene rings is 2. The summed E-state index contributed by atoms with van der Waals surface area (Å²) in [7, 11) is 0. The van der Waals surface area contributed by atoms with Gasteiger partial charge >= 0.3 is 0 Å². The molecule has 4 aromatic rings. The predicted octanol–water partition coefficient (Wildman–Crippen LogP) is 4.48. The minimum Gasteiger partial charge on any atom is -0.436 e. The van der Waals surface area contributed by atoms with Crippen molar-refractivity contribution in [2.45, 2.75) is 13.8 Å². The first kappa shape index (κ1) is 16.1. The first-order valence-electron chi connectivity index (χ1n) is 8.43. The largest absolute Gasteiger partial charge is 0.436 e. The molecular weight excluding hydrogens is 328 g/mol. The lowest BCUT2D eigenvalue weighted by molar-refractivity contribution is -0.118. The van der Waals surface area contributed by atoms with Crippen molar-refractivity contribution in [3.05, 3.63) is 54.7 Å². The van der Waals surface area contributed by atoms with Gasteiger partial charge < -0.3 is 9.73 Å². The smallest absolute Gasteiger partial charge is 0.231 e. The lowest BCUT2D eigenvalue weighted by atomic mass is 10.1. The molecule has 0 aliphatic carbocycles. The van der Waals surface area contributed by atoms with Crippen LogP contribution >= 0.6 is 0 Å². The predicted molar refractivity (Wildman–Crippen MR) is 100 cm³/mol. The fourth-order valence-corrected chi connectivity index (χ4v) is 2.69. The average molecular weight is 346 g/mol. The van der Waals surface area contributed by atoms with Gasteiger partial charge in [0, 0.05) is 23.4 Å². The van der Waals surface area contributed by atoms with E-state index in [1.54, 1.807) is 6.20 Å². The molecule has 0 aliphatic rings. The second-order valence-electron chi connectivity index (χ2n) is 6.36. The van der Waals surface area contributed by atoms with Crippen LogP contribution in [0.5, 0.6) is 0 Å². The molecule has 0 unspecified atom stereocenters. The van der Waals surface area contributed by atoms with E-state index in [0.717, 1.165) is 33.6 Å². The number of para-hydroxylation sites is 2. The number of aromatic amines is 1. The summed E-state index contributed by atoms with van der Waals surface area (Å²) in [5.74, 6) is 0.397. The van der Waals surface area contributed by atoms with Gasteiger partial charge in [0.1, 0.15) is 11.2 Å². The lowest BCUT2D eigenvalue weighted by Crippen LogP contribution is -2.17. The van der Waals surface area contributed by atoms with Crippen molar-refractivity contribution in [2.75, 3.05) is 5.32 Å². The average Bonchev–Trinajstić information content (AvgIpc) is 3.28. The third-order valence-corrected chi connectivity index (χ3v) is 4.09. The van der Waals surface area contributed by atoms with Crippen LogP contribution in [0.2, 0.25) is 0 Å². The molecule has 26 heavy (non-hydrogen) atoms. The molecule has 2 aromatic heterocycles. The summed E-state index contributed by atoms with van der Waals surface area (Å²) in [5.41, 5.74) is 4.61. The SMILES string of the molecule is CC(C)C(=O)Nc1cccc(-c2n[nH]cc2-c2nc3ccccc3o2)c1. The quantitative estimate of drug-likeness (QED) is 0.571. The molecular formula is C20H18N4O2. The Hall–Kier alpha value is -3.41. The van der Waals surface area contributed by atoms with Gasteiger partial charge in [-0.25, -0.2) is 4.98 Å². The maximum atomic E-state index is 11.9. The van der Waals surface area contributed by atoms with E-state index >= 15 is 0 Å². The number of oxazole rings is 1. The van der Waals surface area contributed by atoms with Crippen LogP contribution in [0.4, 0.5) is 5.69 Å². The number of hydrogen-bond acceptors (Lipinski definition) is 4. The van der Waals surface area contributed by atoms with Crippen molar-refractivity contribution in [3.63, 3.8) is 0 Å². The van der Waals surface area contributed by atoms with E-state index in [1.807, 2.05) is 62.4 Å². The van der Waals surface area contributed by atoms with Crippen LogP contribution < -0.4 is 5.32 Å². The van der Waals surface area contributed by atoms with Gasteiger partial charge in [0.15, 0.2) is 5.58 Å². The highest BCUT2D eigenvalue weighted by atomic mass is 16.3. The Labute approximate surface area is 150 Å². The molecule has 4 rings (SSSR count). The summed E-state index contributed by atoms with van der Waals surface area (Å²) in [6, 6.07) is 15.2. The fraction of sp³-hybridized carbons (Fsp3) is 0.150. The highest BCUT2D eigenvalue weighted by molar-refractivity contribution is 5.93. The number of carbonyl (C=O) groups excluding carboxylic acids is 1. The van der Waals surface area contributed by atoms with Crippen LogP contribution in [0.3, 0.4) is 0 Å². The number of amides is 1. The molecule has 0 bridgehead atoms. The summed E-state index contributed by atoms with van der Waals surface area (Å²) in [4.78, 5) is 16.5. The third kappa shape index (κ3) is 2.97. The minimum absolute atomic E-state index is 0.0247. The van der Waals surface area contributed by atoms with Gasteiger partial charge in [-0.1, -0.05) is 38.1 Å². The number of nitrogens with zero attached hydrogens (tertiary/aromatic N) is 2. The van der Waals surface area contributed by atoms with Gasteiger partial charge in [-0.3, -0.25) is 9.89 Å². The van der Waals surface area contributed by atoms with Crippen LogP contribution in [0.25, 0.3) is 33.8 Å². The molecule has 6 nitrogen and oxygen atoms in total. The summed E-state index contributed by atoms with van der Waals surface area (Å²) in [5, 5.41) is 10.1. The van der Waals surface area contributed by atoms with Gasteiger partial charge in [-0.15, -0.1) is 0 Å². The first-order chi connectivity index (χ1) is 12.6. The molecule has 0 spiro atoms. The van der Waals surface area contributed by atoms with E-state index in [0.29, 0.717) is 5.89 Å². The third-order valence-electron chi connectivity index (χ3n) is 4.09. The highest BCUT2D eigenvalue weighted by Crippen LogP contribution is 2.32. The summed E-state index contributed by atoms with van der Waals surface area (Å²) >= 11 is 0. The Morgan fingerprint density at radius 1 is 1.15 bits per heavy atom. The molecule has 0 saturated carbocycles. The normalized spacial score (nSPS) is 11.2. The number of aromatic nitrogens is 3. The van der Waals surface area contributed by atoms with Crippen molar-refractivity contribution >= 4 is 22.7 Å². The Morgan fingerprint density at radius 3 is 2.81 bits per heavy atom. The molecule has 2 N–H and O–H groups in total. The Morgan fingerprint density at radius 2 is 2.00 bits per heavy atom. The second-order valence-corrected chi connectivity index (χ2v) is 6.36. The zero-order valence-electron chi connectivity index (χ0n) is 14.5. The number of fused-ring (bicyclic) bond motifs is 1. The Balaban J connectivity index is 1.72. The maximum absolute atomic E-state index is 11.9. The molecule has 2 heterocycles. The van der Waals surface area contributed by atoms with E-state index in [-0.39, 0.29) is 11.8 Å². The molecule has 1 amide bonds. The van der Waals surface area contributed by atoms with E-state index < -0.39 is 0 Å². The number of hydrogen-bond donors (Lipinski definition) is 2. The molecule has 130 valence electrons. The van der Waals surface area contributed by atoms with Crippen LogP contribution in [0.1, 0.15) is 13.8 Å². The maximum Gasteiger partial charge on any atom is 0.231 e. The molecule has 0 aliphatic heterocycles. The Bertz CT molecular complexity index is 1050. The fourth-order valence-electron chi connectivity index (χ4n) is 2.69. The monoisotopic (exact) mass is 346 g/mol. The number of H-pyrrole nitrogens is 1. The Kier molecular flexibility index (Phi) is 4.01. The number of nitrogens with one attached hydrogen (secondary N) is 2. The summed E-state index contributed by atoms with van der Waals surface area (Å²) in [6.45, 7) is 3.72. The van der Waals surface area contributed by atoms with Gasteiger partial charge in [0.25, 0.3) is 0 Å². The lowest BCUT2D eigenvalue weighted by Gasteiger charge is -2.09. The van der Waals surface area contributed by atoms with E-state index in [1.165, 1.54) is 0 Å². The van der Waals surface area contributed by atoms with E-state index in [9.17, 15) is 4.79 Å². The van der Waals surface area contributed by atoms with Crippen molar-refractivity contribution in [1.82, 2.24) is 15.2 Å². The second kappa shape index (κ2) is 6.48. The van der Waals surface area contributed by atoms with Crippen LogP contribution in [-0.2, 0) is 4.79 Å². The van der Waals surface area contributed by atoms with E-state index in [2.05, 4.69) is 20.5 Å².